The minimum Gasteiger partial charge on any atom is -0.481 e. The van der Waals surface area contributed by atoms with Gasteiger partial charge in [0.15, 0.2) is 0 Å². The van der Waals surface area contributed by atoms with Gasteiger partial charge in [-0.25, -0.2) is 0 Å². The Balaban J connectivity index is 2.08. The van der Waals surface area contributed by atoms with Crippen molar-refractivity contribution >= 4 is 23.6 Å². The van der Waals surface area contributed by atoms with Crippen molar-refractivity contribution in [2.24, 2.45) is 5.92 Å². The van der Waals surface area contributed by atoms with Crippen LogP contribution in [0.5, 0.6) is 0 Å². The number of carbonyl (C=O) groups is 2. The molecule has 1 aliphatic rings. The molecule has 0 saturated carbocycles. The van der Waals surface area contributed by atoms with Crippen molar-refractivity contribution in [3.63, 3.8) is 0 Å². The number of rotatable bonds is 7. The van der Waals surface area contributed by atoms with Crippen LogP contribution in [-0.2, 0) is 9.59 Å². The van der Waals surface area contributed by atoms with Gasteiger partial charge >= 0.3 is 5.97 Å². The van der Waals surface area contributed by atoms with Crippen molar-refractivity contribution in [2.45, 2.75) is 50.7 Å². The van der Waals surface area contributed by atoms with Crippen molar-refractivity contribution in [3.05, 3.63) is 0 Å². The molecule has 1 amide bonds. The van der Waals surface area contributed by atoms with E-state index >= 15 is 0 Å². The molecule has 5 heteroatoms. The lowest BCUT2D eigenvalue weighted by molar-refractivity contribution is -0.137. The first kappa shape index (κ1) is 15.3. The number of nitrogens with one attached hydrogen (secondary N) is 1. The normalized spacial score (nSPS) is 21.3. The van der Waals surface area contributed by atoms with Gasteiger partial charge in [0.2, 0.25) is 5.91 Å². The van der Waals surface area contributed by atoms with Crippen LogP contribution in [0.25, 0.3) is 0 Å². The van der Waals surface area contributed by atoms with Crippen LogP contribution in [0.2, 0.25) is 0 Å². The zero-order valence-corrected chi connectivity index (χ0v) is 11.8. The zero-order chi connectivity index (χ0) is 13.4. The molecule has 1 saturated heterocycles. The molecule has 2 unspecified atom stereocenters. The molecule has 0 aromatic carbocycles. The quantitative estimate of drug-likeness (QED) is 0.747. The number of hydrogen-bond acceptors (Lipinski definition) is 3. The molecule has 2 N–H and O–H groups in total. The number of amides is 1. The number of carboxylic acids is 1. The van der Waals surface area contributed by atoms with Gasteiger partial charge in [0, 0.05) is 13.0 Å². The topological polar surface area (TPSA) is 66.4 Å². The largest absolute Gasteiger partial charge is 0.481 e. The van der Waals surface area contributed by atoms with Gasteiger partial charge < -0.3 is 10.4 Å². The third-order valence-corrected chi connectivity index (χ3v) is 4.64. The van der Waals surface area contributed by atoms with Gasteiger partial charge in [-0.15, -0.1) is 11.8 Å². The molecule has 0 spiro atoms. The molecule has 1 fully saturated rings. The second-order valence-electron chi connectivity index (χ2n) is 4.97. The number of hydrogen-bond donors (Lipinski definition) is 2. The van der Waals surface area contributed by atoms with E-state index in [9.17, 15) is 9.59 Å². The van der Waals surface area contributed by atoms with Gasteiger partial charge in [-0.2, -0.15) is 0 Å². The van der Waals surface area contributed by atoms with E-state index in [1.807, 2.05) is 6.92 Å². The van der Waals surface area contributed by atoms with Gasteiger partial charge in [0.05, 0.1) is 5.25 Å². The summed E-state index contributed by atoms with van der Waals surface area (Å²) in [5.41, 5.74) is 0. The molecule has 1 rings (SSSR count). The maximum atomic E-state index is 11.8. The lowest BCUT2D eigenvalue weighted by atomic mass is 10.0. The summed E-state index contributed by atoms with van der Waals surface area (Å²) in [6.45, 7) is 2.70. The van der Waals surface area contributed by atoms with E-state index in [1.54, 1.807) is 11.8 Å². The molecular weight excluding hydrogens is 250 g/mol. The van der Waals surface area contributed by atoms with Crippen molar-refractivity contribution in [1.82, 2.24) is 5.32 Å². The van der Waals surface area contributed by atoms with Gasteiger partial charge in [0.25, 0.3) is 0 Å². The highest BCUT2D eigenvalue weighted by Gasteiger charge is 2.21. The van der Waals surface area contributed by atoms with Crippen LogP contribution in [0.15, 0.2) is 0 Å². The third-order valence-electron chi connectivity index (χ3n) is 3.26. The Morgan fingerprint density at radius 3 is 2.78 bits per heavy atom. The Kier molecular flexibility index (Phi) is 7.16. The van der Waals surface area contributed by atoms with Crippen molar-refractivity contribution in [3.8, 4) is 0 Å². The lowest BCUT2D eigenvalue weighted by Crippen LogP contribution is -2.35. The van der Waals surface area contributed by atoms with Gasteiger partial charge in [-0.3, -0.25) is 9.59 Å². The summed E-state index contributed by atoms with van der Waals surface area (Å²) in [5.74, 6) is 0.850. The van der Waals surface area contributed by atoms with Crippen LogP contribution in [0.3, 0.4) is 0 Å². The summed E-state index contributed by atoms with van der Waals surface area (Å²) in [7, 11) is 0. The molecule has 2 atom stereocenters. The molecule has 18 heavy (non-hydrogen) atoms. The second-order valence-corrected chi connectivity index (χ2v) is 6.28. The fourth-order valence-electron chi connectivity index (χ4n) is 2.02. The summed E-state index contributed by atoms with van der Waals surface area (Å²) >= 11 is 1.75. The molecule has 0 aromatic rings. The number of carboxylic acid groups (broad SMARTS) is 1. The van der Waals surface area contributed by atoms with Crippen LogP contribution in [0.1, 0.15) is 45.4 Å². The molecule has 4 nitrogen and oxygen atoms in total. The molecule has 104 valence electrons. The first-order valence-electron chi connectivity index (χ1n) is 6.70. The molecule has 0 aliphatic carbocycles. The second kappa shape index (κ2) is 8.40. The maximum Gasteiger partial charge on any atom is 0.303 e. The zero-order valence-electron chi connectivity index (χ0n) is 11.0. The van der Waals surface area contributed by atoms with E-state index in [-0.39, 0.29) is 17.6 Å². The maximum absolute atomic E-state index is 11.8. The van der Waals surface area contributed by atoms with Crippen LogP contribution < -0.4 is 5.32 Å². The summed E-state index contributed by atoms with van der Waals surface area (Å²) in [6.07, 6.45) is 5.12. The van der Waals surface area contributed by atoms with E-state index in [0.717, 1.165) is 25.0 Å². The van der Waals surface area contributed by atoms with Crippen LogP contribution >= 0.6 is 11.8 Å². The Hall–Kier alpha value is -0.710. The highest BCUT2D eigenvalue weighted by atomic mass is 32.2. The Morgan fingerprint density at radius 1 is 1.39 bits per heavy atom. The van der Waals surface area contributed by atoms with Crippen molar-refractivity contribution in [1.29, 1.82) is 0 Å². The Bertz CT molecular complexity index is 277. The van der Waals surface area contributed by atoms with E-state index in [1.165, 1.54) is 6.42 Å². The van der Waals surface area contributed by atoms with Crippen molar-refractivity contribution in [2.75, 3.05) is 12.3 Å². The fourth-order valence-corrected chi connectivity index (χ4v) is 3.24. The minimum atomic E-state index is -0.746. The van der Waals surface area contributed by atoms with E-state index in [0.29, 0.717) is 18.9 Å². The standard InChI is InChI=1S/C13H23NO3S/c1-10(5-6-12(15)16)7-8-14-13(17)11-4-2-3-9-18-11/h10-11H,2-9H2,1H3,(H,14,17)(H,15,16). The summed E-state index contributed by atoms with van der Waals surface area (Å²) < 4.78 is 0. The molecule has 1 aliphatic heterocycles. The SMILES string of the molecule is CC(CCNC(=O)C1CCCCS1)CCC(=O)O. The molecule has 0 aromatic heterocycles. The summed E-state index contributed by atoms with van der Waals surface area (Å²) in [5, 5.41) is 11.7. The van der Waals surface area contributed by atoms with Crippen molar-refractivity contribution < 1.29 is 14.7 Å². The predicted octanol–water partition coefficient (Wildman–Crippen LogP) is 2.28. The van der Waals surface area contributed by atoms with Crippen LogP contribution in [0.4, 0.5) is 0 Å². The lowest BCUT2D eigenvalue weighted by Gasteiger charge is -2.20. The third kappa shape index (κ3) is 6.28. The highest BCUT2D eigenvalue weighted by molar-refractivity contribution is 8.00. The number of thioether (sulfide) groups is 1. The fraction of sp³-hybridized carbons (Fsp3) is 0.846. The van der Waals surface area contributed by atoms with Gasteiger partial charge in [-0.05, 0) is 37.4 Å². The molecule has 0 radical (unpaired) electrons. The first-order valence-corrected chi connectivity index (χ1v) is 7.75. The first-order chi connectivity index (χ1) is 8.59. The van der Waals surface area contributed by atoms with E-state index < -0.39 is 5.97 Å². The Labute approximate surface area is 113 Å². The van der Waals surface area contributed by atoms with Crippen LogP contribution in [-0.4, -0.2) is 34.5 Å². The van der Waals surface area contributed by atoms with Gasteiger partial charge in [-0.1, -0.05) is 13.3 Å². The highest BCUT2D eigenvalue weighted by Crippen LogP contribution is 2.24. The summed E-state index contributed by atoms with van der Waals surface area (Å²) in [6, 6.07) is 0. The number of carbonyl (C=O) groups excluding carboxylic acids is 1. The predicted molar refractivity (Wildman–Crippen MR) is 73.8 cm³/mol. The average molecular weight is 273 g/mol. The van der Waals surface area contributed by atoms with E-state index in [2.05, 4.69) is 5.32 Å². The minimum absolute atomic E-state index is 0.132. The molecular formula is C13H23NO3S. The average Bonchev–Trinajstić information content (AvgIpc) is 2.37. The van der Waals surface area contributed by atoms with Gasteiger partial charge in [0.1, 0.15) is 0 Å². The number of aliphatic carboxylic acids is 1. The van der Waals surface area contributed by atoms with E-state index in [4.69, 9.17) is 5.11 Å². The molecule has 0 bridgehead atoms. The monoisotopic (exact) mass is 273 g/mol. The Morgan fingerprint density at radius 2 is 2.17 bits per heavy atom. The summed E-state index contributed by atoms with van der Waals surface area (Å²) in [4.78, 5) is 22.2. The molecule has 1 heterocycles. The smallest absolute Gasteiger partial charge is 0.303 e. The van der Waals surface area contributed by atoms with Crippen LogP contribution in [0, 0.1) is 5.92 Å².